The molecule has 1 N–H and O–H groups in total. The number of para-hydroxylation sites is 1. The Bertz CT molecular complexity index is 678. The summed E-state index contributed by atoms with van der Waals surface area (Å²) in [5, 5.41) is 9.27. The standard InChI is InChI=1S/C19H20O3/c1-22-17-9-5-4-8-16(17)19-14(12-18(20)21)11-10-13-6-2-3-7-15(13)19/h2-9,14,19H,10-12H2,1H3,(H,20,21)/t14-,19+/m1/s1. The Morgan fingerprint density at radius 1 is 1.14 bits per heavy atom. The van der Waals surface area contributed by atoms with Crippen LogP contribution >= 0.6 is 0 Å². The van der Waals surface area contributed by atoms with E-state index in [2.05, 4.69) is 24.3 Å². The molecule has 0 fully saturated rings. The lowest BCUT2D eigenvalue weighted by Gasteiger charge is -2.34. The molecule has 22 heavy (non-hydrogen) atoms. The molecule has 0 aliphatic heterocycles. The van der Waals surface area contributed by atoms with Gasteiger partial charge in [0.15, 0.2) is 0 Å². The van der Waals surface area contributed by atoms with Crippen molar-refractivity contribution in [1.29, 1.82) is 0 Å². The maximum absolute atomic E-state index is 11.3. The molecule has 114 valence electrons. The highest BCUT2D eigenvalue weighted by atomic mass is 16.5. The van der Waals surface area contributed by atoms with Crippen molar-refractivity contribution in [2.45, 2.75) is 25.2 Å². The monoisotopic (exact) mass is 296 g/mol. The van der Waals surface area contributed by atoms with Gasteiger partial charge in [-0.25, -0.2) is 0 Å². The van der Waals surface area contributed by atoms with Crippen molar-refractivity contribution in [2.24, 2.45) is 5.92 Å². The lowest BCUT2D eigenvalue weighted by atomic mass is 9.70. The Hall–Kier alpha value is -2.29. The normalized spacial score (nSPS) is 20.2. The Kier molecular flexibility index (Phi) is 4.14. The molecule has 0 amide bonds. The molecule has 2 atom stereocenters. The van der Waals surface area contributed by atoms with Crippen LogP contribution in [-0.4, -0.2) is 18.2 Å². The Morgan fingerprint density at radius 3 is 2.55 bits per heavy atom. The smallest absolute Gasteiger partial charge is 0.303 e. The highest BCUT2D eigenvalue weighted by Crippen LogP contribution is 2.45. The predicted octanol–water partition coefficient (Wildman–Crippen LogP) is 3.86. The molecule has 0 unspecified atom stereocenters. The molecule has 2 aromatic carbocycles. The van der Waals surface area contributed by atoms with Crippen molar-refractivity contribution in [3.8, 4) is 5.75 Å². The van der Waals surface area contributed by atoms with Crippen LogP contribution in [0, 0.1) is 5.92 Å². The van der Waals surface area contributed by atoms with Crippen LogP contribution in [0.15, 0.2) is 48.5 Å². The van der Waals surface area contributed by atoms with Crippen molar-refractivity contribution < 1.29 is 14.6 Å². The molecule has 3 nitrogen and oxygen atoms in total. The van der Waals surface area contributed by atoms with Gasteiger partial charge in [-0.3, -0.25) is 4.79 Å². The summed E-state index contributed by atoms with van der Waals surface area (Å²) in [5.41, 5.74) is 3.65. The van der Waals surface area contributed by atoms with Crippen molar-refractivity contribution in [3.05, 3.63) is 65.2 Å². The molecule has 3 rings (SSSR count). The maximum Gasteiger partial charge on any atom is 0.303 e. The largest absolute Gasteiger partial charge is 0.496 e. The molecule has 0 radical (unpaired) electrons. The van der Waals surface area contributed by atoms with Crippen molar-refractivity contribution in [2.75, 3.05) is 7.11 Å². The minimum Gasteiger partial charge on any atom is -0.496 e. The lowest BCUT2D eigenvalue weighted by Crippen LogP contribution is -2.24. The number of carboxylic acids is 1. The number of aliphatic carboxylic acids is 1. The van der Waals surface area contributed by atoms with Gasteiger partial charge < -0.3 is 9.84 Å². The molecule has 0 spiro atoms. The zero-order chi connectivity index (χ0) is 15.5. The van der Waals surface area contributed by atoms with Gasteiger partial charge in [0, 0.05) is 17.9 Å². The number of carboxylic acid groups (broad SMARTS) is 1. The van der Waals surface area contributed by atoms with E-state index in [4.69, 9.17) is 4.74 Å². The minimum atomic E-state index is -0.732. The van der Waals surface area contributed by atoms with Crippen molar-refractivity contribution in [3.63, 3.8) is 0 Å². The third kappa shape index (κ3) is 2.71. The van der Waals surface area contributed by atoms with Crippen molar-refractivity contribution >= 4 is 5.97 Å². The number of aryl methyl sites for hydroxylation is 1. The summed E-state index contributed by atoms with van der Waals surface area (Å²) >= 11 is 0. The SMILES string of the molecule is COc1ccccc1[C@@H]1c2ccccc2CC[C@@H]1CC(=O)O. The average molecular weight is 296 g/mol. The fourth-order valence-corrected chi connectivity index (χ4v) is 3.62. The third-order valence-electron chi connectivity index (χ3n) is 4.56. The second-order valence-corrected chi connectivity index (χ2v) is 5.82. The van der Waals surface area contributed by atoms with Crippen LogP contribution in [0.2, 0.25) is 0 Å². The summed E-state index contributed by atoms with van der Waals surface area (Å²) in [6.45, 7) is 0. The van der Waals surface area contributed by atoms with Gasteiger partial charge in [0.05, 0.1) is 7.11 Å². The summed E-state index contributed by atoms with van der Waals surface area (Å²) in [6.07, 6.45) is 2.03. The van der Waals surface area contributed by atoms with Gasteiger partial charge in [-0.2, -0.15) is 0 Å². The Morgan fingerprint density at radius 2 is 1.82 bits per heavy atom. The molecule has 0 aromatic heterocycles. The average Bonchev–Trinajstić information content (AvgIpc) is 2.54. The van der Waals surface area contributed by atoms with Crippen LogP contribution in [0.5, 0.6) is 5.75 Å². The van der Waals surface area contributed by atoms with Crippen LogP contribution in [0.4, 0.5) is 0 Å². The van der Waals surface area contributed by atoms with Gasteiger partial charge >= 0.3 is 5.97 Å². The predicted molar refractivity (Wildman–Crippen MR) is 85.3 cm³/mol. The summed E-state index contributed by atoms with van der Waals surface area (Å²) in [7, 11) is 1.67. The molecular weight excluding hydrogens is 276 g/mol. The van der Waals surface area contributed by atoms with E-state index in [1.807, 2.05) is 24.3 Å². The van der Waals surface area contributed by atoms with E-state index in [1.165, 1.54) is 11.1 Å². The molecule has 2 aromatic rings. The van der Waals surface area contributed by atoms with E-state index in [-0.39, 0.29) is 18.3 Å². The highest BCUT2D eigenvalue weighted by molar-refractivity contribution is 5.67. The van der Waals surface area contributed by atoms with Gasteiger partial charge in [-0.05, 0) is 36.0 Å². The summed E-state index contributed by atoms with van der Waals surface area (Å²) in [5.74, 6) is 0.282. The number of carbonyl (C=O) groups is 1. The third-order valence-corrected chi connectivity index (χ3v) is 4.56. The second kappa shape index (κ2) is 6.22. The van der Waals surface area contributed by atoms with E-state index in [0.29, 0.717) is 0 Å². The highest BCUT2D eigenvalue weighted by Gasteiger charge is 2.33. The number of ether oxygens (including phenoxy) is 1. The summed E-state index contributed by atoms with van der Waals surface area (Å²) in [4.78, 5) is 11.3. The minimum absolute atomic E-state index is 0.0807. The number of rotatable bonds is 4. The first-order valence-electron chi connectivity index (χ1n) is 7.63. The molecule has 0 saturated heterocycles. The van der Waals surface area contributed by atoms with Crippen molar-refractivity contribution in [1.82, 2.24) is 0 Å². The molecular formula is C19H20O3. The van der Waals surface area contributed by atoms with E-state index >= 15 is 0 Å². The molecule has 1 aliphatic rings. The Balaban J connectivity index is 2.11. The van der Waals surface area contributed by atoms with Crippen LogP contribution in [-0.2, 0) is 11.2 Å². The van der Waals surface area contributed by atoms with E-state index in [0.717, 1.165) is 24.2 Å². The van der Waals surface area contributed by atoms with E-state index in [1.54, 1.807) is 7.11 Å². The van der Waals surface area contributed by atoms with Crippen LogP contribution in [0.1, 0.15) is 35.4 Å². The summed E-state index contributed by atoms with van der Waals surface area (Å²) in [6, 6.07) is 16.3. The first-order chi connectivity index (χ1) is 10.7. The first-order valence-corrected chi connectivity index (χ1v) is 7.63. The second-order valence-electron chi connectivity index (χ2n) is 5.82. The zero-order valence-electron chi connectivity index (χ0n) is 12.7. The van der Waals surface area contributed by atoms with Crippen LogP contribution < -0.4 is 4.74 Å². The molecule has 1 aliphatic carbocycles. The number of methoxy groups -OCH3 is 1. The van der Waals surface area contributed by atoms with Gasteiger partial charge in [-0.1, -0.05) is 42.5 Å². The molecule has 0 saturated carbocycles. The number of fused-ring (bicyclic) bond motifs is 1. The fourth-order valence-electron chi connectivity index (χ4n) is 3.62. The van der Waals surface area contributed by atoms with Gasteiger partial charge in [0.1, 0.15) is 5.75 Å². The van der Waals surface area contributed by atoms with Gasteiger partial charge in [0.2, 0.25) is 0 Å². The van der Waals surface area contributed by atoms with Gasteiger partial charge in [0.25, 0.3) is 0 Å². The molecule has 0 bridgehead atoms. The Labute approximate surface area is 130 Å². The van der Waals surface area contributed by atoms with Crippen LogP contribution in [0.25, 0.3) is 0 Å². The number of benzene rings is 2. The van der Waals surface area contributed by atoms with E-state index < -0.39 is 5.97 Å². The first kappa shape index (κ1) is 14.6. The number of hydrogen-bond acceptors (Lipinski definition) is 2. The van der Waals surface area contributed by atoms with Crippen LogP contribution in [0.3, 0.4) is 0 Å². The number of hydrogen-bond donors (Lipinski definition) is 1. The lowest BCUT2D eigenvalue weighted by molar-refractivity contribution is -0.138. The molecule has 3 heteroatoms. The topological polar surface area (TPSA) is 46.5 Å². The van der Waals surface area contributed by atoms with E-state index in [9.17, 15) is 9.90 Å². The fraction of sp³-hybridized carbons (Fsp3) is 0.316. The quantitative estimate of drug-likeness (QED) is 0.931. The molecule has 0 heterocycles. The zero-order valence-corrected chi connectivity index (χ0v) is 12.7. The summed E-state index contributed by atoms with van der Waals surface area (Å²) < 4.78 is 5.52. The van der Waals surface area contributed by atoms with Gasteiger partial charge in [-0.15, -0.1) is 0 Å². The maximum atomic E-state index is 11.3.